The number of fused-ring (bicyclic) bond motifs is 3. The Morgan fingerprint density at radius 1 is 1.43 bits per heavy atom. The summed E-state index contributed by atoms with van der Waals surface area (Å²) in [7, 11) is -4.03. The summed E-state index contributed by atoms with van der Waals surface area (Å²) in [5, 5.41) is 2.72. The van der Waals surface area contributed by atoms with Gasteiger partial charge in [0.05, 0.1) is 10.6 Å². The van der Waals surface area contributed by atoms with E-state index in [2.05, 4.69) is 5.32 Å². The summed E-state index contributed by atoms with van der Waals surface area (Å²) in [5.74, 6) is -1.23. The molecule has 1 saturated heterocycles. The summed E-state index contributed by atoms with van der Waals surface area (Å²) in [6.07, 6.45) is 1.99. The van der Waals surface area contributed by atoms with Crippen LogP contribution in [0.4, 0.5) is 10.1 Å². The minimum absolute atomic E-state index is 0.127. The number of anilines is 1. The molecule has 5 nitrogen and oxygen atoms in total. The van der Waals surface area contributed by atoms with Crippen molar-refractivity contribution < 1.29 is 17.6 Å². The fourth-order valence-electron chi connectivity index (χ4n) is 3.01. The number of sulfone groups is 1. The van der Waals surface area contributed by atoms with E-state index < -0.39 is 21.6 Å². The molecule has 0 spiro atoms. The Morgan fingerprint density at radius 3 is 2.87 bits per heavy atom. The molecule has 0 aliphatic carbocycles. The number of hydrogen-bond acceptors (Lipinski definition) is 4. The number of nitrogens with one attached hydrogen (secondary N) is 1. The van der Waals surface area contributed by atoms with Crippen molar-refractivity contribution in [1.29, 1.82) is 0 Å². The summed E-state index contributed by atoms with van der Waals surface area (Å²) < 4.78 is 39.4. The third kappa shape index (κ3) is 2.52. The van der Waals surface area contributed by atoms with Crippen LogP contribution in [0.5, 0.6) is 0 Å². The topological polar surface area (TPSA) is 66.5 Å². The van der Waals surface area contributed by atoms with Crippen LogP contribution in [0.2, 0.25) is 0 Å². The molecule has 1 unspecified atom stereocenters. The number of nitrogens with zero attached hydrogens (tertiary/aromatic N) is 1. The van der Waals surface area contributed by atoms with Crippen LogP contribution in [0.3, 0.4) is 0 Å². The number of hydrogen-bond donors (Lipinski definition) is 1. The molecule has 0 bridgehead atoms. The van der Waals surface area contributed by atoms with Crippen molar-refractivity contribution in [3.8, 4) is 0 Å². The highest BCUT2D eigenvalue weighted by Crippen LogP contribution is 2.43. The highest BCUT2D eigenvalue weighted by molar-refractivity contribution is 7.96. The summed E-state index contributed by atoms with van der Waals surface area (Å²) in [6, 6.07) is 3.58. The van der Waals surface area contributed by atoms with Gasteiger partial charge in [-0.15, -0.1) is 0 Å². The number of amides is 1. The van der Waals surface area contributed by atoms with E-state index in [1.165, 1.54) is 12.1 Å². The Balaban J connectivity index is 2.16. The molecule has 124 valence electrons. The van der Waals surface area contributed by atoms with Crippen LogP contribution in [0.1, 0.15) is 33.1 Å². The molecular formula is C16H19FN2O3S. The van der Waals surface area contributed by atoms with Gasteiger partial charge in [-0.1, -0.05) is 6.92 Å². The first kappa shape index (κ1) is 16.0. The third-order valence-electron chi connectivity index (χ3n) is 4.35. The van der Waals surface area contributed by atoms with Crippen molar-refractivity contribution in [2.24, 2.45) is 0 Å². The van der Waals surface area contributed by atoms with Crippen molar-refractivity contribution in [2.45, 2.75) is 44.0 Å². The Hall–Kier alpha value is -1.89. The number of carbonyl (C=O) groups is 1. The molecule has 7 heteroatoms. The molecule has 1 N–H and O–H groups in total. The molecule has 1 aromatic rings. The van der Waals surface area contributed by atoms with Gasteiger partial charge in [0.2, 0.25) is 9.84 Å². The SMILES string of the molecule is CCC(C)NC(=O)C1=C2CCCN2c2ccc(F)cc2S1(=O)=O. The first-order valence-corrected chi connectivity index (χ1v) is 9.20. The first-order chi connectivity index (χ1) is 10.9. The second-order valence-electron chi connectivity index (χ2n) is 5.93. The van der Waals surface area contributed by atoms with Gasteiger partial charge >= 0.3 is 0 Å². The van der Waals surface area contributed by atoms with Crippen LogP contribution in [-0.4, -0.2) is 26.9 Å². The number of carbonyl (C=O) groups excluding carboxylic acids is 1. The molecule has 23 heavy (non-hydrogen) atoms. The van der Waals surface area contributed by atoms with E-state index in [1.807, 2.05) is 18.7 Å². The molecule has 0 saturated carbocycles. The molecule has 0 radical (unpaired) electrons. The van der Waals surface area contributed by atoms with E-state index in [0.717, 1.165) is 12.5 Å². The van der Waals surface area contributed by atoms with Gasteiger partial charge in [0.25, 0.3) is 5.91 Å². The first-order valence-electron chi connectivity index (χ1n) is 7.72. The zero-order valence-corrected chi connectivity index (χ0v) is 13.9. The maximum absolute atomic E-state index is 13.6. The molecule has 1 fully saturated rings. The molecule has 3 rings (SSSR count). The molecular weight excluding hydrogens is 319 g/mol. The van der Waals surface area contributed by atoms with E-state index in [0.29, 0.717) is 30.8 Å². The lowest BCUT2D eigenvalue weighted by Gasteiger charge is -2.30. The summed E-state index contributed by atoms with van der Waals surface area (Å²) in [4.78, 5) is 14.0. The van der Waals surface area contributed by atoms with Gasteiger partial charge in [-0.2, -0.15) is 0 Å². The van der Waals surface area contributed by atoms with E-state index >= 15 is 0 Å². The second kappa shape index (κ2) is 5.63. The Bertz CT molecular complexity index is 802. The van der Waals surface area contributed by atoms with Gasteiger partial charge < -0.3 is 10.2 Å². The minimum atomic E-state index is -4.03. The van der Waals surface area contributed by atoms with Crippen molar-refractivity contribution in [2.75, 3.05) is 11.4 Å². The fourth-order valence-corrected chi connectivity index (χ4v) is 4.78. The van der Waals surface area contributed by atoms with Crippen molar-refractivity contribution in [3.05, 3.63) is 34.6 Å². The molecule has 2 heterocycles. The maximum Gasteiger partial charge on any atom is 0.265 e. The Morgan fingerprint density at radius 2 is 2.17 bits per heavy atom. The largest absolute Gasteiger partial charge is 0.349 e. The van der Waals surface area contributed by atoms with Crippen LogP contribution in [0.15, 0.2) is 33.7 Å². The molecule has 1 aromatic carbocycles. The summed E-state index contributed by atoms with van der Waals surface area (Å²) in [5.41, 5.74) is 0.976. The zero-order chi connectivity index (χ0) is 16.8. The van der Waals surface area contributed by atoms with Crippen molar-refractivity contribution >= 4 is 21.4 Å². The van der Waals surface area contributed by atoms with Gasteiger partial charge in [-0.3, -0.25) is 4.79 Å². The lowest BCUT2D eigenvalue weighted by Crippen LogP contribution is -2.39. The van der Waals surface area contributed by atoms with Crippen LogP contribution >= 0.6 is 0 Å². The third-order valence-corrected chi connectivity index (χ3v) is 6.21. The van der Waals surface area contributed by atoms with E-state index in [4.69, 9.17) is 0 Å². The highest BCUT2D eigenvalue weighted by atomic mass is 32.2. The molecule has 1 atom stereocenters. The normalized spacial score (nSPS) is 20.0. The molecule has 1 amide bonds. The standard InChI is InChI=1S/C16H19FN2O3S/c1-3-10(2)18-16(20)15-13-5-4-8-19(13)12-7-6-11(17)9-14(12)23(15,21)22/h6-7,9-10H,3-5,8H2,1-2H3,(H,18,20). The lowest BCUT2D eigenvalue weighted by atomic mass is 10.2. The summed E-state index contributed by atoms with van der Waals surface area (Å²) >= 11 is 0. The lowest BCUT2D eigenvalue weighted by molar-refractivity contribution is -0.117. The molecule has 0 aromatic heterocycles. The number of benzene rings is 1. The van der Waals surface area contributed by atoms with Gasteiger partial charge in [-0.05, 0) is 44.4 Å². The number of halogens is 1. The predicted molar refractivity (Wildman–Crippen MR) is 85.1 cm³/mol. The van der Waals surface area contributed by atoms with Crippen LogP contribution in [-0.2, 0) is 14.6 Å². The summed E-state index contributed by atoms with van der Waals surface area (Å²) in [6.45, 7) is 4.35. The van der Waals surface area contributed by atoms with Gasteiger partial charge in [-0.25, -0.2) is 12.8 Å². The van der Waals surface area contributed by atoms with Crippen LogP contribution in [0, 0.1) is 5.82 Å². The Labute approximate surface area is 135 Å². The average Bonchev–Trinajstić information content (AvgIpc) is 2.95. The van der Waals surface area contributed by atoms with E-state index in [9.17, 15) is 17.6 Å². The zero-order valence-electron chi connectivity index (χ0n) is 13.1. The fraction of sp³-hybridized carbons (Fsp3) is 0.438. The average molecular weight is 338 g/mol. The van der Waals surface area contributed by atoms with Crippen LogP contribution < -0.4 is 10.2 Å². The number of allylic oxidation sites excluding steroid dienone is 1. The Kier molecular flexibility index (Phi) is 3.91. The van der Waals surface area contributed by atoms with Crippen molar-refractivity contribution in [1.82, 2.24) is 5.32 Å². The van der Waals surface area contributed by atoms with Gasteiger partial charge in [0.15, 0.2) is 4.91 Å². The van der Waals surface area contributed by atoms with Gasteiger partial charge in [0, 0.05) is 18.3 Å². The number of rotatable bonds is 3. The molecule has 2 aliphatic rings. The molecule has 2 aliphatic heterocycles. The van der Waals surface area contributed by atoms with Gasteiger partial charge in [0.1, 0.15) is 5.82 Å². The van der Waals surface area contributed by atoms with Crippen LogP contribution in [0.25, 0.3) is 0 Å². The quantitative estimate of drug-likeness (QED) is 0.919. The second-order valence-corrected chi connectivity index (χ2v) is 7.78. The van der Waals surface area contributed by atoms with E-state index in [-0.39, 0.29) is 15.8 Å². The van der Waals surface area contributed by atoms with E-state index in [1.54, 1.807) is 0 Å². The smallest absolute Gasteiger partial charge is 0.265 e. The highest BCUT2D eigenvalue weighted by Gasteiger charge is 2.42. The predicted octanol–water partition coefficient (Wildman–Crippen LogP) is 2.34. The minimum Gasteiger partial charge on any atom is -0.349 e. The van der Waals surface area contributed by atoms with Crippen molar-refractivity contribution in [3.63, 3.8) is 0 Å². The maximum atomic E-state index is 13.6. The monoisotopic (exact) mass is 338 g/mol.